The molecule has 7 nitrogen and oxygen atoms in total. The smallest absolute Gasteiger partial charge is 0.330 e. The van der Waals surface area contributed by atoms with Crippen LogP contribution in [0.3, 0.4) is 0 Å². The third-order valence-electron chi connectivity index (χ3n) is 3.17. The van der Waals surface area contributed by atoms with Gasteiger partial charge in [0, 0.05) is 34.1 Å². The predicted octanol–water partition coefficient (Wildman–Crippen LogP) is 1.36. The van der Waals surface area contributed by atoms with Gasteiger partial charge in [0.1, 0.15) is 10.2 Å². The second-order valence-corrected chi connectivity index (χ2v) is 5.04. The maximum absolute atomic E-state index is 11.9. The summed E-state index contributed by atoms with van der Waals surface area (Å²) in [7, 11) is 3.33. The molecule has 0 aromatic carbocycles. The topological polar surface area (TPSA) is 73.8 Å². The third-order valence-corrected chi connectivity index (χ3v) is 3.63. The van der Waals surface area contributed by atoms with Crippen LogP contribution in [0, 0.1) is 4.64 Å². The highest BCUT2D eigenvalue weighted by molar-refractivity contribution is 7.71. The Morgan fingerprint density at radius 1 is 1.32 bits per heavy atom. The lowest BCUT2D eigenvalue weighted by molar-refractivity contribution is -0.118. The van der Waals surface area contributed by atoms with Gasteiger partial charge >= 0.3 is 5.69 Å². The van der Waals surface area contributed by atoms with E-state index in [2.05, 4.69) is 10.3 Å². The number of amides is 1. The van der Waals surface area contributed by atoms with Crippen LogP contribution in [0.2, 0.25) is 0 Å². The molecular weight excluding hydrogens is 302 g/mol. The van der Waals surface area contributed by atoms with Gasteiger partial charge in [0.25, 0.3) is 0 Å². The van der Waals surface area contributed by atoms with Gasteiger partial charge in [0.2, 0.25) is 5.91 Å². The van der Waals surface area contributed by atoms with Crippen molar-refractivity contribution < 1.29 is 4.79 Å². The van der Waals surface area contributed by atoms with Gasteiger partial charge < -0.3 is 9.88 Å². The maximum atomic E-state index is 11.9. The second kappa shape index (κ2) is 7.88. The molecule has 0 saturated heterocycles. The summed E-state index contributed by atoms with van der Waals surface area (Å²) in [5.74, 6) is -0.0433. The summed E-state index contributed by atoms with van der Waals surface area (Å²) >= 11 is 5.32. The fourth-order valence-electron chi connectivity index (χ4n) is 2.08. The number of aromatic nitrogens is 4. The molecule has 8 heteroatoms. The van der Waals surface area contributed by atoms with Crippen LogP contribution in [0.25, 0.3) is 11.2 Å². The molecule has 0 radical (unpaired) electrons. The molecule has 0 fully saturated rings. The molecule has 0 atom stereocenters. The van der Waals surface area contributed by atoms with Crippen LogP contribution in [0.1, 0.15) is 27.2 Å². The van der Waals surface area contributed by atoms with Crippen LogP contribution in [-0.2, 0) is 25.4 Å². The van der Waals surface area contributed by atoms with Crippen molar-refractivity contribution in [3.8, 4) is 0 Å². The highest BCUT2D eigenvalue weighted by atomic mass is 32.1. The summed E-state index contributed by atoms with van der Waals surface area (Å²) in [6.45, 7) is 6.77. The molecule has 0 saturated carbocycles. The maximum Gasteiger partial charge on any atom is 0.330 e. The molecular formula is C14H23N5O2S. The first-order valence-corrected chi connectivity index (χ1v) is 7.69. The Morgan fingerprint density at radius 2 is 1.95 bits per heavy atom. The number of fused-ring (bicyclic) bond motifs is 1. The van der Waals surface area contributed by atoms with Gasteiger partial charge in [-0.3, -0.25) is 13.9 Å². The lowest BCUT2D eigenvalue weighted by Crippen LogP contribution is -2.28. The van der Waals surface area contributed by atoms with Crippen molar-refractivity contribution in [2.45, 2.75) is 33.7 Å². The van der Waals surface area contributed by atoms with Crippen molar-refractivity contribution in [2.75, 3.05) is 6.54 Å². The standard InChI is InChI=1S/C12H17N5O2S.C2H6/c1-8(18)13-5-4-6-17-7-14-10-9(17)11(20)16(3)12(19)15(10)2;1-2/h7H,4-6H2,1-3H3,(H,13,18);1-2H3. The van der Waals surface area contributed by atoms with Crippen LogP contribution in [0.15, 0.2) is 11.1 Å². The zero-order chi connectivity index (χ0) is 16.9. The van der Waals surface area contributed by atoms with Gasteiger partial charge in [-0.05, 0) is 6.42 Å². The largest absolute Gasteiger partial charge is 0.356 e. The number of hydrogen-bond donors (Lipinski definition) is 1. The van der Waals surface area contributed by atoms with Crippen molar-refractivity contribution >= 4 is 29.3 Å². The van der Waals surface area contributed by atoms with Gasteiger partial charge in [0.05, 0.1) is 6.33 Å². The van der Waals surface area contributed by atoms with Crippen molar-refractivity contribution in [1.82, 2.24) is 24.0 Å². The summed E-state index contributed by atoms with van der Waals surface area (Å²) in [6.07, 6.45) is 2.44. The Kier molecular flexibility index (Phi) is 6.48. The molecule has 2 aromatic rings. The highest BCUT2D eigenvalue weighted by Crippen LogP contribution is 2.12. The van der Waals surface area contributed by atoms with Crippen LogP contribution in [-0.4, -0.2) is 31.1 Å². The van der Waals surface area contributed by atoms with E-state index in [0.29, 0.717) is 23.4 Å². The number of rotatable bonds is 4. The molecule has 2 heterocycles. The minimum atomic E-state index is -0.189. The van der Waals surface area contributed by atoms with Crippen molar-refractivity contribution in [3.05, 3.63) is 21.5 Å². The van der Waals surface area contributed by atoms with Gasteiger partial charge in [-0.15, -0.1) is 0 Å². The molecule has 0 aliphatic carbocycles. The van der Waals surface area contributed by atoms with Crippen LogP contribution in [0.4, 0.5) is 0 Å². The number of carbonyl (C=O) groups is 1. The zero-order valence-electron chi connectivity index (χ0n) is 13.7. The normalized spacial score (nSPS) is 10.2. The van der Waals surface area contributed by atoms with E-state index in [1.165, 1.54) is 16.1 Å². The minimum Gasteiger partial charge on any atom is -0.356 e. The van der Waals surface area contributed by atoms with Crippen molar-refractivity contribution in [1.29, 1.82) is 0 Å². The summed E-state index contributed by atoms with van der Waals surface area (Å²) in [6, 6.07) is 0. The van der Waals surface area contributed by atoms with Crippen molar-refractivity contribution in [2.24, 2.45) is 14.1 Å². The Labute approximate surface area is 134 Å². The lowest BCUT2D eigenvalue weighted by Gasteiger charge is -2.08. The highest BCUT2D eigenvalue weighted by Gasteiger charge is 2.11. The van der Waals surface area contributed by atoms with Crippen molar-refractivity contribution in [3.63, 3.8) is 0 Å². The molecule has 22 heavy (non-hydrogen) atoms. The number of hydrogen-bond acceptors (Lipinski definition) is 4. The third kappa shape index (κ3) is 3.62. The van der Waals surface area contributed by atoms with E-state index >= 15 is 0 Å². The monoisotopic (exact) mass is 325 g/mol. The Balaban J connectivity index is 0.00000116. The van der Waals surface area contributed by atoms with Gasteiger partial charge in [-0.25, -0.2) is 9.78 Å². The summed E-state index contributed by atoms with van der Waals surface area (Å²) in [5, 5.41) is 2.74. The van der Waals surface area contributed by atoms with E-state index in [4.69, 9.17) is 12.2 Å². The lowest BCUT2D eigenvalue weighted by atomic mass is 10.4. The number of carbonyl (C=O) groups excluding carboxylic acids is 1. The SMILES string of the molecule is CC.CC(=O)NCCCn1cnc2c1c(=S)n(C)c(=O)n2C. The van der Waals surface area contributed by atoms with Crippen LogP contribution >= 0.6 is 12.2 Å². The Morgan fingerprint density at radius 3 is 2.55 bits per heavy atom. The summed E-state index contributed by atoms with van der Waals surface area (Å²) < 4.78 is 5.30. The van der Waals surface area contributed by atoms with Gasteiger partial charge in [-0.1, -0.05) is 26.1 Å². The quantitative estimate of drug-likeness (QED) is 0.680. The minimum absolute atomic E-state index is 0.0433. The van der Waals surface area contributed by atoms with E-state index in [-0.39, 0.29) is 11.6 Å². The first kappa shape index (κ1) is 18.1. The van der Waals surface area contributed by atoms with Crippen LogP contribution < -0.4 is 11.0 Å². The van der Waals surface area contributed by atoms with E-state index in [9.17, 15) is 9.59 Å². The molecule has 0 aliphatic rings. The predicted molar refractivity (Wildman–Crippen MR) is 89.4 cm³/mol. The molecule has 0 spiro atoms. The fraction of sp³-hybridized carbons (Fsp3) is 0.571. The molecule has 0 bridgehead atoms. The van der Waals surface area contributed by atoms with Gasteiger partial charge in [0.15, 0.2) is 5.65 Å². The number of nitrogens with zero attached hydrogens (tertiary/aromatic N) is 4. The zero-order valence-corrected chi connectivity index (χ0v) is 14.5. The molecule has 122 valence electrons. The molecule has 0 unspecified atom stereocenters. The molecule has 1 N–H and O–H groups in total. The number of nitrogens with one attached hydrogen (secondary N) is 1. The molecule has 2 rings (SSSR count). The average Bonchev–Trinajstić information content (AvgIpc) is 2.93. The average molecular weight is 325 g/mol. The molecule has 0 aliphatic heterocycles. The molecule has 2 aromatic heterocycles. The first-order chi connectivity index (χ1) is 10.4. The fourth-order valence-corrected chi connectivity index (χ4v) is 2.37. The van der Waals surface area contributed by atoms with E-state index in [1.807, 2.05) is 18.4 Å². The Bertz CT molecular complexity index is 772. The van der Waals surface area contributed by atoms with Crippen LogP contribution in [0.5, 0.6) is 0 Å². The van der Waals surface area contributed by atoms with E-state index in [1.54, 1.807) is 20.4 Å². The van der Waals surface area contributed by atoms with E-state index in [0.717, 1.165) is 11.9 Å². The molecule has 1 amide bonds. The first-order valence-electron chi connectivity index (χ1n) is 7.28. The Hall–Kier alpha value is -1.96. The summed E-state index contributed by atoms with van der Waals surface area (Å²) in [5.41, 5.74) is 1.16. The van der Waals surface area contributed by atoms with Gasteiger partial charge in [-0.2, -0.15) is 0 Å². The number of imidazole rings is 1. The number of aryl methyl sites for hydroxylation is 2. The summed E-state index contributed by atoms with van der Waals surface area (Å²) in [4.78, 5) is 27.0. The van der Waals surface area contributed by atoms with E-state index < -0.39 is 0 Å². The second-order valence-electron chi connectivity index (χ2n) is 4.65.